The zero-order chi connectivity index (χ0) is 28.8. The van der Waals surface area contributed by atoms with E-state index in [2.05, 4.69) is 16.0 Å². The molecule has 0 amide bonds. The molecule has 10 heteroatoms. The summed E-state index contributed by atoms with van der Waals surface area (Å²) < 4.78 is 22.1. The molecule has 1 aliphatic heterocycles. The Balaban J connectivity index is 1.28. The van der Waals surface area contributed by atoms with Crippen molar-refractivity contribution in [3.63, 3.8) is 0 Å². The molecule has 5 rings (SSSR count). The molecule has 0 saturated carbocycles. The van der Waals surface area contributed by atoms with Crippen molar-refractivity contribution in [3.8, 4) is 40.4 Å². The Hall–Kier alpha value is -5.17. The third-order valence-electron chi connectivity index (χ3n) is 6.78. The van der Waals surface area contributed by atoms with Gasteiger partial charge < -0.3 is 23.5 Å². The van der Waals surface area contributed by atoms with Gasteiger partial charge >= 0.3 is 11.9 Å². The third-order valence-corrected chi connectivity index (χ3v) is 6.78. The molecule has 0 spiro atoms. The first-order valence-electron chi connectivity index (χ1n) is 13.3. The summed E-state index contributed by atoms with van der Waals surface area (Å²) in [4.78, 5) is 36.6. The number of benzene rings is 2. The van der Waals surface area contributed by atoms with Gasteiger partial charge in [-0.1, -0.05) is 12.1 Å². The van der Waals surface area contributed by atoms with Crippen LogP contribution in [0.2, 0.25) is 0 Å². The van der Waals surface area contributed by atoms with Gasteiger partial charge in [0.1, 0.15) is 17.7 Å². The van der Waals surface area contributed by atoms with Crippen molar-refractivity contribution in [2.24, 2.45) is 0 Å². The van der Waals surface area contributed by atoms with E-state index in [1.54, 1.807) is 67.6 Å². The molecule has 2 aromatic heterocycles. The number of ether oxygens (including phenoxy) is 3. The molecule has 10 nitrogen and oxygen atoms in total. The molecule has 2 aromatic carbocycles. The van der Waals surface area contributed by atoms with E-state index in [1.165, 1.54) is 0 Å². The number of nitriles is 1. The zero-order valence-electron chi connectivity index (χ0n) is 22.7. The molecule has 208 valence electrons. The summed E-state index contributed by atoms with van der Waals surface area (Å²) in [6, 6.07) is 19.9. The second-order valence-corrected chi connectivity index (χ2v) is 9.26. The average Bonchev–Trinajstić information content (AvgIpc) is 3.68. The summed E-state index contributed by atoms with van der Waals surface area (Å²) in [6.45, 7) is 4.21. The molecule has 1 saturated heterocycles. The summed E-state index contributed by atoms with van der Waals surface area (Å²) in [6.07, 6.45) is 4.07. The molecule has 3 heterocycles. The second-order valence-electron chi connectivity index (χ2n) is 9.26. The molecule has 0 bridgehead atoms. The Morgan fingerprint density at radius 1 is 0.976 bits per heavy atom. The van der Waals surface area contributed by atoms with Gasteiger partial charge in [0.25, 0.3) is 0 Å². The van der Waals surface area contributed by atoms with Gasteiger partial charge in [-0.2, -0.15) is 5.26 Å². The van der Waals surface area contributed by atoms with Crippen LogP contribution in [0.5, 0.6) is 11.6 Å². The van der Waals surface area contributed by atoms with Crippen molar-refractivity contribution in [2.75, 3.05) is 24.7 Å². The van der Waals surface area contributed by atoms with Gasteiger partial charge in [0, 0.05) is 23.7 Å². The number of rotatable bonds is 9. The van der Waals surface area contributed by atoms with Crippen LogP contribution in [0.25, 0.3) is 22.7 Å². The number of carbonyl (C=O) groups excluding carboxylic acids is 2. The molecule has 0 unspecified atom stereocenters. The Labute approximate surface area is 237 Å². The van der Waals surface area contributed by atoms with E-state index in [-0.39, 0.29) is 13.2 Å². The lowest BCUT2D eigenvalue weighted by Gasteiger charge is -2.35. The number of anilines is 1. The second kappa shape index (κ2) is 11.9. The first-order valence-corrected chi connectivity index (χ1v) is 13.3. The number of hydrogen-bond acceptors (Lipinski definition) is 10. The quantitative estimate of drug-likeness (QED) is 0.193. The highest BCUT2D eigenvalue weighted by Gasteiger charge is 2.56. The fraction of sp³-hybridized carbons (Fsp3) is 0.258. The summed E-state index contributed by atoms with van der Waals surface area (Å²) in [5, 5.41) is 8.98. The number of nitrogens with zero attached hydrogens (tertiary/aromatic N) is 4. The average molecular weight is 553 g/mol. The van der Waals surface area contributed by atoms with E-state index in [9.17, 15) is 9.59 Å². The number of aromatic nitrogens is 2. The van der Waals surface area contributed by atoms with Gasteiger partial charge in [0.2, 0.25) is 17.3 Å². The van der Waals surface area contributed by atoms with E-state index in [4.69, 9.17) is 23.9 Å². The molecule has 41 heavy (non-hydrogen) atoms. The van der Waals surface area contributed by atoms with Crippen LogP contribution in [0.15, 0.2) is 77.5 Å². The van der Waals surface area contributed by atoms with Gasteiger partial charge in [-0.3, -0.25) is 0 Å². The molecule has 0 radical (unpaired) electrons. The maximum atomic E-state index is 13.0. The first-order chi connectivity index (χ1) is 20.0. The third kappa shape index (κ3) is 5.47. The van der Waals surface area contributed by atoms with Crippen molar-refractivity contribution in [2.45, 2.75) is 32.2 Å². The van der Waals surface area contributed by atoms with Crippen molar-refractivity contribution < 1.29 is 28.2 Å². The topological polar surface area (TPSA) is 128 Å². The Morgan fingerprint density at radius 2 is 1.66 bits per heavy atom. The van der Waals surface area contributed by atoms with E-state index >= 15 is 0 Å². The van der Waals surface area contributed by atoms with Gasteiger partial charge in [0.15, 0.2) is 0 Å². The number of esters is 2. The van der Waals surface area contributed by atoms with Gasteiger partial charge in [-0.25, -0.2) is 19.6 Å². The maximum absolute atomic E-state index is 13.0. The molecule has 0 atom stereocenters. The van der Waals surface area contributed by atoms with Crippen LogP contribution in [0.4, 0.5) is 5.69 Å². The van der Waals surface area contributed by atoms with E-state index in [0.717, 1.165) is 11.1 Å². The summed E-state index contributed by atoms with van der Waals surface area (Å²) in [5.74, 6) is 0.118. The molecule has 4 aromatic rings. The van der Waals surface area contributed by atoms with Gasteiger partial charge in [-0.05, 0) is 69.2 Å². The number of carbonyl (C=O) groups is 2. The predicted molar refractivity (Wildman–Crippen MR) is 149 cm³/mol. The molecule has 1 aliphatic rings. The highest BCUT2D eigenvalue weighted by molar-refractivity contribution is 6.09. The van der Waals surface area contributed by atoms with Crippen molar-refractivity contribution >= 4 is 17.6 Å². The van der Waals surface area contributed by atoms with Crippen LogP contribution in [0, 0.1) is 11.3 Å². The SMILES string of the molecule is CCOC(=O)C1(C(=O)OCC)CCCN1c1ccc(Oc2ccc(-c3nc(-c4ccc(C#N)cc4)co3)cc2)nc1. The maximum Gasteiger partial charge on any atom is 0.343 e. The van der Waals surface area contributed by atoms with Crippen LogP contribution in [0.3, 0.4) is 0 Å². The molecular weight excluding hydrogens is 524 g/mol. The minimum atomic E-state index is -1.54. The van der Waals surface area contributed by atoms with E-state index < -0.39 is 17.5 Å². The fourth-order valence-electron chi connectivity index (χ4n) is 4.81. The largest absolute Gasteiger partial charge is 0.464 e. The van der Waals surface area contributed by atoms with Crippen LogP contribution < -0.4 is 9.64 Å². The van der Waals surface area contributed by atoms with Crippen LogP contribution in [-0.4, -0.2) is 47.2 Å². The normalized spacial score (nSPS) is 13.8. The van der Waals surface area contributed by atoms with Crippen LogP contribution >= 0.6 is 0 Å². The molecule has 0 N–H and O–H groups in total. The number of oxazole rings is 1. The van der Waals surface area contributed by atoms with E-state index in [1.807, 2.05) is 24.3 Å². The zero-order valence-corrected chi connectivity index (χ0v) is 22.7. The Bertz CT molecular complexity index is 1540. The Kier molecular flexibility index (Phi) is 7.97. The predicted octanol–water partition coefficient (Wildman–Crippen LogP) is 5.53. The first kappa shape index (κ1) is 27.4. The Morgan fingerprint density at radius 3 is 2.27 bits per heavy atom. The van der Waals surface area contributed by atoms with Crippen LogP contribution in [0.1, 0.15) is 32.3 Å². The highest BCUT2D eigenvalue weighted by Crippen LogP contribution is 2.37. The van der Waals surface area contributed by atoms with Gasteiger partial charge in [0.05, 0.1) is 36.7 Å². The van der Waals surface area contributed by atoms with Crippen molar-refractivity contribution in [3.05, 3.63) is 78.7 Å². The molecule has 1 fully saturated rings. The van der Waals surface area contributed by atoms with Gasteiger partial charge in [-0.15, -0.1) is 0 Å². The van der Waals surface area contributed by atoms with E-state index in [0.29, 0.717) is 53.9 Å². The summed E-state index contributed by atoms with van der Waals surface area (Å²) in [5.41, 5.74) is 1.92. The summed E-state index contributed by atoms with van der Waals surface area (Å²) in [7, 11) is 0. The molecular formula is C31H28N4O6. The monoisotopic (exact) mass is 552 g/mol. The highest BCUT2D eigenvalue weighted by atomic mass is 16.6. The fourth-order valence-corrected chi connectivity index (χ4v) is 4.81. The minimum absolute atomic E-state index is 0.159. The van der Waals surface area contributed by atoms with Crippen molar-refractivity contribution in [1.82, 2.24) is 9.97 Å². The number of hydrogen-bond donors (Lipinski definition) is 0. The van der Waals surface area contributed by atoms with Crippen molar-refractivity contribution in [1.29, 1.82) is 5.26 Å². The van der Waals surface area contributed by atoms with Crippen LogP contribution in [-0.2, 0) is 19.1 Å². The lowest BCUT2D eigenvalue weighted by Crippen LogP contribution is -2.58. The summed E-state index contributed by atoms with van der Waals surface area (Å²) >= 11 is 0. The smallest absolute Gasteiger partial charge is 0.343 e. The minimum Gasteiger partial charge on any atom is -0.464 e. The lowest BCUT2D eigenvalue weighted by atomic mass is 9.95. The lowest BCUT2D eigenvalue weighted by molar-refractivity contribution is -0.163. The molecule has 0 aliphatic carbocycles. The number of pyridine rings is 1. The standard InChI is InChI=1S/C31H28N4O6/c1-3-38-29(36)31(30(37)39-4-2)16-5-17-35(31)24-12-15-27(33-19-24)41-25-13-10-23(11-14-25)28-34-26(20-40-28)22-8-6-21(18-32)7-9-22/h6-15,19-20H,3-5,16-17H2,1-2H3.